The predicted molar refractivity (Wildman–Crippen MR) is 82.5 cm³/mol. The van der Waals surface area contributed by atoms with E-state index in [-0.39, 0.29) is 5.02 Å². The smallest absolute Gasteiger partial charge is 0.142 e. The molecule has 1 atom stereocenters. The van der Waals surface area contributed by atoms with Crippen LogP contribution in [0.2, 0.25) is 10.0 Å². The molecule has 0 saturated heterocycles. The lowest BCUT2D eigenvalue weighted by atomic mass is 9.86. The van der Waals surface area contributed by atoms with E-state index in [4.69, 9.17) is 33.7 Å². The van der Waals surface area contributed by atoms with Crippen LogP contribution in [0, 0.1) is 5.82 Å². The molecule has 1 aromatic carbocycles. The molecular formula is C15H15Cl2FN2O. The monoisotopic (exact) mass is 328 g/mol. The first-order valence-electron chi connectivity index (χ1n) is 6.38. The maximum absolute atomic E-state index is 13.7. The molecular weight excluding hydrogens is 314 g/mol. The third-order valence-corrected chi connectivity index (χ3v) is 3.80. The van der Waals surface area contributed by atoms with Crippen molar-refractivity contribution in [3.8, 4) is 5.75 Å². The lowest BCUT2D eigenvalue weighted by Crippen LogP contribution is -2.35. The summed E-state index contributed by atoms with van der Waals surface area (Å²) in [6, 6.07) is 4.36. The summed E-state index contributed by atoms with van der Waals surface area (Å²) in [4.78, 5) is 4.10. The van der Waals surface area contributed by atoms with Gasteiger partial charge in [0.15, 0.2) is 0 Å². The topological polar surface area (TPSA) is 48.1 Å². The molecule has 6 heteroatoms. The van der Waals surface area contributed by atoms with Crippen LogP contribution in [0.3, 0.4) is 0 Å². The maximum Gasteiger partial charge on any atom is 0.142 e. The van der Waals surface area contributed by atoms with Crippen LogP contribution in [-0.2, 0) is 5.54 Å². The van der Waals surface area contributed by atoms with Crippen LogP contribution >= 0.6 is 23.2 Å². The number of aromatic nitrogens is 1. The highest BCUT2D eigenvalue weighted by molar-refractivity contribution is 6.35. The van der Waals surface area contributed by atoms with Crippen LogP contribution < -0.4 is 10.5 Å². The van der Waals surface area contributed by atoms with E-state index in [1.54, 1.807) is 25.4 Å². The minimum Gasteiger partial charge on any atom is -0.492 e. The fraction of sp³-hybridized carbons (Fsp3) is 0.267. The molecule has 0 spiro atoms. The molecule has 0 radical (unpaired) electrons. The second-order valence-electron chi connectivity index (χ2n) is 4.79. The molecule has 1 unspecified atom stereocenters. The van der Waals surface area contributed by atoms with E-state index in [0.717, 1.165) is 0 Å². The van der Waals surface area contributed by atoms with Gasteiger partial charge in [-0.25, -0.2) is 4.39 Å². The molecule has 2 N–H and O–H groups in total. The lowest BCUT2D eigenvalue weighted by Gasteiger charge is -2.27. The number of ether oxygens (including phenoxy) is 1. The van der Waals surface area contributed by atoms with Gasteiger partial charge >= 0.3 is 0 Å². The van der Waals surface area contributed by atoms with E-state index in [2.05, 4.69) is 4.98 Å². The zero-order chi connectivity index (χ0) is 15.6. The number of halogens is 3. The van der Waals surface area contributed by atoms with Crippen LogP contribution in [0.15, 0.2) is 30.6 Å². The van der Waals surface area contributed by atoms with Crippen molar-refractivity contribution in [3.05, 3.63) is 57.6 Å². The zero-order valence-electron chi connectivity index (χ0n) is 11.7. The molecule has 3 nitrogen and oxygen atoms in total. The first-order valence-corrected chi connectivity index (χ1v) is 7.14. The molecule has 0 aliphatic heterocycles. The van der Waals surface area contributed by atoms with E-state index < -0.39 is 11.4 Å². The van der Waals surface area contributed by atoms with Gasteiger partial charge in [0.2, 0.25) is 0 Å². The number of benzene rings is 1. The molecule has 0 aliphatic rings. The first-order chi connectivity index (χ1) is 9.86. The highest BCUT2D eigenvalue weighted by atomic mass is 35.5. The van der Waals surface area contributed by atoms with Crippen molar-refractivity contribution in [2.24, 2.45) is 5.73 Å². The number of nitrogens with two attached hydrogens (primary N) is 1. The SMILES string of the molecule is CCOc1cncc(C(C)(N)c2cc(F)c(Cl)cc2Cl)c1. The maximum atomic E-state index is 13.7. The summed E-state index contributed by atoms with van der Waals surface area (Å²) >= 11 is 11.9. The fourth-order valence-electron chi connectivity index (χ4n) is 2.02. The fourth-order valence-corrected chi connectivity index (χ4v) is 2.60. The first kappa shape index (κ1) is 16.0. The summed E-state index contributed by atoms with van der Waals surface area (Å²) < 4.78 is 19.1. The second-order valence-corrected chi connectivity index (χ2v) is 5.61. The van der Waals surface area contributed by atoms with Gasteiger partial charge in [0.25, 0.3) is 0 Å². The molecule has 2 aromatic rings. The second kappa shape index (κ2) is 6.18. The van der Waals surface area contributed by atoms with Gasteiger partial charge in [-0.1, -0.05) is 23.2 Å². The van der Waals surface area contributed by atoms with Gasteiger partial charge in [-0.05, 0) is 43.2 Å². The minimum atomic E-state index is -1.03. The van der Waals surface area contributed by atoms with E-state index in [0.29, 0.717) is 28.5 Å². The Labute approximate surface area is 132 Å². The van der Waals surface area contributed by atoms with Gasteiger partial charge in [-0.15, -0.1) is 0 Å². The highest BCUT2D eigenvalue weighted by Gasteiger charge is 2.28. The van der Waals surface area contributed by atoms with Crippen molar-refractivity contribution in [2.75, 3.05) is 6.61 Å². The van der Waals surface area contributed by atoms with Gasteiger partial charge in [0.05, 0.1) is 23.4 Å². The molecule has 0 bridgehead atoms. The third-order valence-electron chi connectivity index (χ3n) is 3.19. The van der Waals surface area contributed by atoms with Crippen LogP contribution in [0.1, 0.15) is 25.0 Å². The highest BCUT2D eigenvalue weighted by Crippen LogP contribution is 2.35. The Bertz CT molecular complexity index is 662. The van der Waals surface area contributed by atoms with E-state index in [1.807, 2.05) is 6.92 Å². The molecule has 2 rings (SSSR count). The predicted octanol–water partition coefficient (Wildman–Crippen LogP) is 4.15. The Morgan fingerprint density at radius 3 is 2.62 bits per heavy atom. The summed E-state index contributed by atoms with van der Waals surface area (Å²) in [5, 5.41) is 0.258. The average Bonchev–Trinajstić information content (AvgIpc) is 2.43. The Balaban J connectivity index is 2.51. The molecule has 21 heavy (non-hydrogen) atoms. The van der Waals surface area contributed by atoms with Crippen molar-refractivity contribution in [1.29, 1.82) is 0 Å². The summed E-state index contributed by atoms with van der Waals surface area (Å²) in [6.07, 6.45) is 3.19. The molecule has 1 aromatic heterocycles. The van der Waals surface area contributed by atoms with Crippen LogP contribution in [0.25, 0.3) is 0 Å². The molecule has 1 heterocycles. The van der Waals surface area contributed by atoms with Crippen molar-refractivity contribution in [2.45, 2.75) is 19.4 Å². The summed E-state index contributed by atoms with van der Waals surface area (Å²) in [6.45, 7) is 4.12. The summed E-state index contributed by atoms with van der Waals surface area (Å²) in [5.41, 5.74) is 6.43. The standard InChI is InChI=1S/C15H15Cl2FN2O/c1-3-21-10-4-9(7-20-8-10)15(2,19)11-5-14(18)13(17)6-12(11)16/h4-8H,3,19H2,1-2H3. The normalized spacial score (nSPS) is 13.8. The molecule has 0 saturated carbocycles. The molecule has 112 valence electrons. The van der Waals surface area contributed by atoms with E-state index >= 15 is 0 Å². The Morgan fingerprint density at radius 1 is 1.24 bits per heavy atom. The van der Waals surface area contributed by atoms with Crippen molar-refractivity contribution in [3.63, 3.8) is 0 Å². The Kier molecular flexibility index (Phi) is 4.71. The van der Waals surface area contributed by atoms with Crippen molar-refractivity contribution in [1.82, 2.24) is 4.98 Å². The van der Waals surface area contributed by atoms with Crippen LogP contribution in [0.5, 0.6) is 5.75 Å². The van der Waals surface area contributed by atoms with Gasteiger partial charge in [0, 0.05) is 11.2 Å². The number of pyridine rings is 1. The van der Waals surface area contributed by atoms with Gasteiger partial charge in [-0.2, -0.15) is 0 Å². The van der Waals surface area contributed by atoms with Gasteiger partial charge < -0.3 is 10.5 Å². The third kappa shape index (κ3) is 3.28. The van der Waals surface area contributed by atoms with Crippen molar-refractivity contribution >= 4 is 23.2 Å². The number of hydrogen-bond acceptors (Lipinski definition) is 3. The van der Waals surface area contributed by atoms with Gasteiger partial charge in [0.1, 0.15) is 11.6 Å². The Hall–Kier alpha value is -1.36. The molecule has 0 aliphatic carbocycles. The zero-order valence-corrected chi connectivity index (χ0v) is 13.2. The number of hydrogen-bond donors (Lipinski definition) is 1. The molecule has 0 amide bonds. The number of nitrogens with zero attached hydrogens (tertiary/aromatic N) is 1. The Morgan fingerprint density at radius 2 is 1.95 bits per heavy atom. The van der Waals surface area contributed by atoms with Gasteiger partial charge in [-0.3, -0.25) is 4.98 Å². The average molecular weight is 329 g/mol. The van der Waals surface area contributed by atoms with Crippen LogP contribution in [0.4, 0.5) is 4.39 Å². The summed E-state index contributed by atoms with van der Waals surface area (Å²) in [5.74, 6) is 0.0268. The van der Waals surface area contributed by atoms with E-state index in [1.165, 1.54) is 12.1 Å². The minimum absolute atomic E-state index is 0.0410. The lowest BCUT2D eigenvalue weighted by molar-refractivity contribution is 0.337. The number of rotatable bonds is 4. The quantitative estimate of drug-likeness (QED) is 0.857. The summed E-state index contributed by atoms with van der Waals surface area (Å²) in [7, 11) is 0. The largest absolute Gasteiger partial charge is 0.492 e. The molecule has 0 fully saturated rings. The van der Waals surface area contributed by atoms with E-state index in [9.17, 15) is 4.39 Å². The van der Waals surface area contributed by atoms with Crippen molar-refractivity contribution < 1.29 is 9.13 Å². The van der Waals surface area contributed by atoms with Crippen LogP contribution in [-0.4, -0.2) is 11.6 Å².